The van der Waals surface area contributed by atoms with Gasteiger partial charge in [-0.15, -0.1) is 34.0 Å². The lowest BCUT2D eigenvalue weighted by Crippen LogP contribution is -2.10. The summed E-state index contributed by atoms with van der Waals surface area (Å²) < 4.78 is 7.93. The number of fused-ring (bicyclic) bond motifs is 13. The van der Waals surface area contributed by atoms with E-state index in [2.05, 4.69) is 181 Å². The fraction of sp³-hybridized carbons (Fsp3) is 0. The van der Waals surface area contributed by atoms with E-state index in [0.717, 1.165) is 5.69 Å². The predicted molar refractivity (Wildman–Crippen MR) is 240 cm³/mol. The summed E-state index contributed by atoms with van der Waals surface area (Å²) in [6.45, 7) is 0. The second-order valence-electron chi connectivity index (χ2n) is 14.0. The molecule has 4 heteroatoms. The molecule has 0 spiro atoms. The van der Waals surface area contributed by atoms with E-state index in [1.807, 2.05) is 34.0 Å². The lowest BCUT2D eigenvalue weighted by Gasteiger charge is -2.27. The van der Waals surface area contributed by atoms with Crippen LogP contribution in [0.1, 0.15) is 0 Å². The van der Waals surface area contributed by atoms with E-state index in [4.69, 9.17) is 0 Å². The maximum atomic E-state index is 2.53. The summed E-state index contributed by atoms with van der Waals surface area (Å²) in [6, 6.07) is 65.3. The van der Waals surface area contributed by atoms with Gasteiger partial charge in [0.1, 0.15) is 0 Å². The Hall–Kier alpha value is -6.04. The average molecular weight is 740 g/mol. The number of hydrogen-bond donors (Lipinski definition) is 0. The maximum absolute atomic E-state index is 2.53. The van der Waals surface area contributed by atoms with Crippen LogP contribution in [0.4, 0.5) is 17.1 Å². The molecule has 3 heterocycles. The van der Waals surface area contributed by atoms with Crippen LogP contribution in [-0.2, 0) is 0 Å². The minimum absolute atomic E-state index is 1.14. The summed E-state index contributed by atoms with van der Waals surface area (Å²) >= 11 is 5.70. The number of nitrogens with zero attached hydrogens (tertiary/aromatic N) is 1. The third-order valence-electron chi connectivity index (χ3n) is 11.0. The second-order valence-corrected chi connectivity index (χ2v) is 17.2. The standard InChI is InChI=1S/C50H29NS3/c1-2-11-33-29-34(20-19-30(33)9-1)31-21-24-35(25-22-31)51(39-14-7-17-42-46(39)37-13-5-6-16-41(37)52-42)40-15-8-18-43-48(40)49-45(53-43)28-27-44-47(49)38-26-23-32-10-3-4-12-36(32)50(38)54-44/h1-29H. The van der Waals surface area contributed by atoms with Crippen molar-refractivity contribution in [2.75, 3.05) is 4.90 Å². The molecule has 0 atom stereocenters. The summed E-state index contributed by atoms with van der Waals surface area (Å²) in [5.41, 5.74) is 5.98. The van der Waals surface area contributed by atoms with Gasteiger partial charge in [0, 0.05) is 66.2 Å². The lowest BCUT2D eigenvalue weighted by molar-refractivity contribution is 1.32. The van der Waals surface area contributed by atoms with E-state index in [9.17, 15) is 0 Å². The van der Waals surface area contributed by atoms with E-state index in [1.165, 1.54) is 105 Å². The summed E-state index contributed by atoms with van der Waals surface area (Å²) in [4.78, 5) is 2.53. The van der Waals surface area contributed by atoms with Gasteiger partial charge in [-0.3, -0.25) is 0 Å². The van der Waals surface area contributed by atoms with Gasteiger partial charge in [-0.2, -0.15) is 0 Å². The fourth-order valence-electron chi connectivity index (χ4n) is 8.59. The zero-order valence-corrected chi connectivity index (χ0v) is 31.4. The maximum Gasteiger partial charge on any atom is 0.0555 e. The topological polar surface area (TPSA) is 3.24 Å². The van der Waals surface area contributed by atoms with Crippen molar-refractivity contribution in [3.63, 3.8) is 0 Å². The Balaban J connectivity index is 1.15. The average Bonchev–Trinajstić information content (AvgIpc) is 3.93. The minimum Gasteiger partial charge on any atom is -0.309 e. The monoisotopic (exact) mass is 739 g/mol. The normalized spacial score (nSPS) is 12.1. The van der Waals surface area contributed by atoms with E-state index in [-0.39, 0.29) is 0 Å². The smallest absolute Gasteiger partial charge is 0.0555 e. The highest BCUT2D eigenvalue weighted by Gasteiger charge is 2.24. The van der Waals surface area contributed by atoms with E-state index < -0.39 is 0 Å². The van der Waals surface area contributed by atoms with Crippen molar-refractivity contribution < 1.29 is 0 Å². The Morgan fingerprint density at radius 3 is 1.74 bits per heavy atom. The molecule has 0 radical (unpaired) electrons. The molecule has 0 amide bonds. The highest BCUT2D eigenvalue weighted by molar-refractivity contribution is 7.28. The summed E-state index contributed by atoms with van der Waals surface area (Å²) in [5, 5.41) is 13.1. The molecule has 0 saturated heterocycles. The van der Waals surface area contributed by atoms with Crippen molar-refractivity contribution in [1.82, 2.24) is 0 Å². The van der Waals surface area contributed by atoms with E-state index >= 15 is 0 Å². The molecule has 12 rings (SSSR count). The Morgan fingerprint density at radius 2 is 0.907 bits per heavy atom. The second kappa shape index (κ2) is 11.7. The van der Waals surface area contributed by atoms with Crippen LogP contribution in [0.25, 0.3) is 93.2 Å². The van der Waals surface area contributed by atoms with Crippen LogP contribution in [0.2, 0.25) is 0 Å². The number of benzene rings is 9. The first-order valence-corrected chi connectivity index (χ1v) is 20.7. The van der Waals surface area contributed by atoms with Crippen LogP contribution in [0, 0.1) is 0 Å². The van der Waals surface area contributed by atoms with Gasteiger partial charge in [-0.25, -0.2) is 0 Å². The van der Waals surface area contributed by atoms with Crippen molar-refractivity contribution >= 4 is 133 Å². The largest absolute Gasteiger partial charge is 0.309 e. The van der Waals surface area contributed by atoms with E-state index in [1.54, 1.807) is 0 Å². The van der Waals surface area contributed by atoms with Crippen molar-refractivity contribution in [3.8, 4) is 11.1 Å². The van der Waals surface area contributed by atoms with Crippen molar-refractivity contribution in [3.05, 3.63) is 176 Å². The number of rotatable bonds is 4. The highest BCUT2D eigenvalue weighted by Crippen LogP contribution is 2.52. The van der Waals surface area contributed by atoms with Crippen LogP contribution >= 0.6 is 34.0 Å². The number of hydrogen-bond acceptors (Lipinski definition) is 4. The van der Waals surface area contributed by atoms with Crippen LogP contribution in [0.3, 0.4) is 0 Å². The molecule has 0 saturated carbocycles. The minimum atomic E-state index is 1.14. The first-order chi connectivity index (χ1) is 26.8. The molecule has 1 nitrogen and oxygen atoms in total. The molecular formula is C50H29NS3. The fourth-order valence-corrected chi connectivity index (χ4v) is 12.1. The summed E-state index contributed by atoms with van der Waals surface area (Å²) in [7, 11) is 0. The van der Waals surface area contributed by atoms with Crippen LogP contribution in [-0.4, -0.2) is 0 Å². The van der Waals surface area contributed by atoms with Crippen LogP contribution < -0.4 is 4.90 Å². The molecule has 0 aliphatic rings. The summed E-state index contributed by atoms with van der Waals surface area (Å²) in [6.07, 6.45) is 0. The Bertz CT molecular complexity index is 3450. The van der Waals surface area contributed by atoms with Crippen LogP contribution in [0.15, 0.2) is 176 Å². The molecule has 3 aromatic heterocycles. The van der Waals surface area contributed by atoms with Gasteiger partial charge < -0.3 is 4.90 Å². The summed E-state index contributed by atoms with van der Waals surface area (Å²) in [5.74, 6) is 0. The molecule has 0 fully saturated rings. The van der Waals surface area contributed by atoms with Gasteiger partial charge in [-0.05, 0) is 93.3 Å². The van der Waals surface area contributed by atoms with E-state index in [0.29, 0.717) is 0 Å². The Kier molecular flexibility index (Phi) is 6.61. The SMILES string of the molecule is c1ccc2cc(-c3ccc(N(c4cccc5sc6ccccc6c45)c4cccc5sc6ccc7sc8c9ccccc9ccc8c7c6c45)cc3)ccc2c1. The Labute approximate surface area is 323 Å². The molecule has 0 aliphatic heterocycles. The highest BCUT2D eigenvalue weighted by atomic mass is 32.1. The van der Waals surface area contributed by atoms with Crippen molar-refractivity contribution in [2.24, 2.45) is 0 Å². The molecule has 54 heavy (non-hydrogen) atoms. The van der Waals surface area contributed by atoms with Crippen molar-refractivity contribution in [1.29, 1.82) is 0 Å². The molecule has 0 bridgehead atoms. The predicted octanol–water partition coefficient (Wildman–Crippen LogP) is 16.2. The van der Waals surface area contributed by atoms with Crippen molar-refractivity contribution in [2.45, 2.75) is 0 Å². The molecule has 9 aromatic carbocycles. The van der Waals surface area contributed by atoms with Gasteiger partial charge in [0.2, 0.25) is 0 Å². The molecule has 0 unspecified atom stereocenters. The third kappa shape index (κ3) is 4.48. The number of anilines is 3. The van der Waals surface area contributed by atoms with Crippen LogP contribution in [0.5, 0.6) is 0 Å². The molecule has 12 aromatic rings. The van der Waals surface area contributed by atoms with Gasteiger partial charge in [0.05, 0.1) is 11.4 Å². The molecule has 0 N–H and O–H groups in total. The number of thiophene rings is 3. The van der Waals surface area contributed by atoms with Gasteiger partial charge in [0.15, 0.2) is 0 Å². The van der Waals surface area contributed by atoms with Gasteiger partial charge in [0.25, 0.3) is 0 Å². The molecule has 0 aliphatic carbocycles. The van der Waals surface area contributed by atoms with Gasteiger partial charge >= 0.3 is 0 Å². The molecular weight excluding hydrogens is 711 g/mol. The quantitative estimate of drug-likeness (QED) is 0.174. The first kappa shape index (κ1) is 30.4. The first-order valence-electron chi connectivity index (χ1n) is 18.2. The Morgan fingerprint density at radius 1 is 0.315 bits per heavy atom. The molecule has 252 valence electrons. The third-order valence-corrected chi connectivity index (χ3v) is 14.5. The zero-order chi connectivity index (χ0) is 35.3. The lowest BCUT2D eigenvalue weighted by atomic mass is 9.99. The zero-order valence-electron chi connectivity index (χ0n) is 28.9. The van der Waals surface area contributed by atoms with Gasteiger partial charge in [-0.1, -0.05) is 115 Å².